The van der Waals surface area contributed by atoms with Crippen molar-refractivity contribution in [1.82, 2.24) is 24.8 Å². The Morgan fingerprint density at radius 3 is 2.78 bits per heavy atom. The van der Waals surface area contributed by atoms with Gasteiger partial charge in [0.2, 0.25) is 0 Å². The van der Waals surface area contributed by atoms with Crippen molar-refractivity contribution in [2.24, 2.45) is 0 Å². The summed E-state index contributed by atoms with van der Waals surface area (Å²) in [7, 11) is 0. The molecule has 2 aromatic carbocycles. The number of nitrogens with zero attached hydrogens (tertiary/aromatic N) is 5. The molecular weight excluding hydrogens is 341 g/mol. The van der Waals surface area contributed by atoms with Crippen LogP contribution in [0.3, 0.4) is 0 Å². The average Bonchev–Trinajstić information content (AvgIpc) is 3.10. The Morgan fingerprint density at radius 2 is 1.85 bits per heavy atom. The van der Waals surface area contributed by atoms with Gasteiger partial charge in [0, 0.05) is 23.6 Å². The van der Waals surface area contributed by atoms with Crippen LogP contribution in [0.25, 0.3) is 27.8 Å². The minimum absolute atomic E-state index is 0.289. The maximum absolute atomic E-state index is 13.5. The van der Waals surface area contributed by atoms with Crippen LogP contribution in [0.15, 0.2) is 72.9 Å². The molecule has 0 amide bonds. The van der Waals surface area contributed by atoms with Crippen LogP contribution in [0, 0.1) is 5.82 Å². The van der Waals surface area contributed by atoms with Crippen LogP contribution >= 0.6 is 0 Å². The molecule has 0 radical (unpaired) electrons. The van der Waals surface area contributed by atoms with Gasteiger partial charge in [0.25, 0.3) is 0 Å². The fourth-order valence-electron chi connectivity index (χ4n) is 3.16. The van der Waals surface area contributed by atoms with Gasteiger partial charge >= 0.3 is 0 Å². The van der Waals surface area contributed by atoms with E-state index >= 15 is 0 Å². The van der Waals surface area contributed by atoms with Crippen molar-refractivity contribution >= 4 is 16.6 Å². The summed E-state index contributed by atoms with van der Waals surface area (Å²) in [6.45, 7) is 0. The fourth-order valence-corrected chi connectivity index (χ4v) is 3.16. The number of hydrogen-bond donors (Lipinski definition) is 0. The van der Waals surface area contributed by atoms with E-state index in [9.17, 15) is 4.39 Å². The maximum atomic E-state index is 13.5. The highest BCUT2D eigenvalue weighted by molar-refractivity contribution is 5.79. The lowest BCUT2D eigenvalue weighted by Gasteiger charge is -2.05. The Morgan fingerprint density at radius 1 is 0.889 bits per heavy atom. The first-order chi connectivity index (χ1) is 13.3. The molecule has 0 unspecified atom stereocenters. The lowest BCUT2D eigenvalue weighted by atomic mass is 10.1. The van der Waals surface area contributed by atoms with Crippen molar-refractivity contribution in [1.29, 1.82) is 0 Å². The molecule has 5 nitrogen and oxygen atoms in total. The lowest BCUT2D eigenvalue weighted by Crippen LogP contribution is -2.01. The molecule has 27 heavy (non-hydrogen) atoms. The van der Waals surface area contributed by atoms with E-state index in [1.807, 2.05) is 42.5 Å². The molecule has 5 rings (SSSR count). The van der Waals surface area contributed by atoms with Crippen LogP contribution in [-0.4, -0.2) is 24.8 Å². The summed E-state index contributed by atoms with van der Waals surface area (Å²) < 4.78 is 15.3. The smallest absolute Gasteiger partial charge is 0.177 e. The van der Waals surface area contributed by atoms with Crippen molar-refractivity contribution < 1.29 is 4.39 Å². The molecule has 0 saturated heterocycles. The standard InChI is InChI=1S/C21H14FN5/c22-17-5-1-3-16(13-17)19-8-9-20-24-25-21(27(20)26-19)12-14-6-7-18-15(11-14)4-2-10-23-18/h1-11,13H,12H2. The van der Waals surface area contributed by atoms with E-state index in [1.165, 1.54) is 12.1 Å². The molecule has 130 valence electrons. The minimum Gasteiger partial charge on any atom is -0.256 e. The number of aromatic nitrogens is 5. The number of hydrogen-bond acceptors (Lipinski definition) is 4. The molecule has 0 aliphatic heterocycles. The Balaban J connectivity index is 1.55. The third-order valence-corrected chi connectivity index (χ3v) is 4.48. The molecule has 0 fully saturated rings. The van der Waals surface area contributed by atoms with E-state index in [0.717, 1.165) is 22.3 Å². The van der Waals surface area contributed by atoms with E-state index in [-0.39, 0.29) is 5.82 Å². The Kier molecular flexibility index (Phi) is 3.60. The van der Waals surface area contributed by atoms with Crippen molar-refractivity contribution in [3.63, 3.8) is 0 Å². The summed E-state index contributed by atoms with van der Waals surface area (Å²) in [6, 6.07) is 20.1. The number of fused-ring (bicyclic) bond motifs is 2. The molecule has 3 aromatic heterocycles. The monoisotopic (exact) mass is 355 g/mol. The van der Waals surface area contributed by atoms with Crippen molar-refractivity contribution in [3.8, 4) is 11.3 Å². The molecule has 0 atom stereocenters. The van der Waals surface area contributed by atoms with Gasteiger partial charge in [0.05, 0.1) is 11.2 Å². The van der Waals surface area contributed by atoms with Gasteiger partial charge in [-0.15, -0.1) is 10.2 Å². The highest BCUT2D eigenvalue weighted by Gasteiger charge is 2.10. The molecule has 0 N–H and O–H groups in total. The second-order valence-corrected chi connectivity index (χ2v) is 6.32. The third-order valence-electron chi connectivity index (χ3n) is 4.48. The van der Waals surface area contributed by atoms with Gasteiger partial charge < -0.3 is 0 Å². The summed E-state index contributed by atoms with van der Waals surface area (Å²) in [4.78, 5) is 4.35. The zero-order chi connectivity index (χ0) is 18.2. The highest BCUT2D eigenvalue weighted by atomic mass is 19.1. The summed E-state index contributed by atoms with van der Waals surface area (Å²) in [5, 5.41) is 14.2. The van der Waals surface area contributed by atoms with Crippen molar-refractivity contribution in [3.05, 3.63) is 90.1 Å². The highest BCUT2D eigenvalue weighted by Crippen LogP contribution is 2.20. The quantitative estimate of drug-likeness (QED) is 0.490. The van der Waals surface area contributed by atoms with Gasteiger partial charge in [0.1, 0.15) is 5.82 Å². The predicted octanol–water partition coefficient (Wildman–Crippen LogP) is 4.07. The summed E-state index contributed by atoms with van der Waals surface area (Å²) >= 11 is 0. The van der Waals surface area contributed by atoms with Crippen molar-refractivity contribution in [2.45, 2.75) is 6.42 Å². The predicted molar refractivity (Wildman–Crippen MR) is 101 cm³/mol. The van der Waals surface area contributed by atoms with Crippen molar-refractivity contribution in [2.75, 3.05) is 0 Å². The molecule has 0 bridgehead atoms. The van der Waals surface area contributed by atoms with Gasteiger partial charge in [0.15, 0.2) is 11.5 Å². The molecular formula is C21H14FN5. The van der Waals surface area contributed by atoms with E-state index in [2.05, 4.69) is 26.3 Å². The van der Waals surface area contributed by atoms with Gasteiger partial charge in [-0.3, -0.25) is 4.98 Å². The Hall–Kier alpha value is -3.67. The number of benzene rings is 2. The van der Waals surface area contributed by atoms with Crippen LogP contribution < -0.4 is 0 Å². The molecule has 6 heteroatoms. The van der Waals surface area contributed by atoms with E-state index in [0.29, 0.717) is 23.3 Å². The Bertz CT molecular complexity index is 1280. The van der Waals surface area contributed by atoms with Gasteiger partial charge in [-0.1, -0.05) is 24.3 Å². The Labute approximate surface area is 154 Å². The van der Waals surface area contributed by atoms with Crippen LogP contribution in [0.5, 0.6) is 0 Å². The summed E-state index contributed by atoms with van der Waals surface area (Å²) in [5.74, 6) is 0.439. The lowest BCUT2D eigenvalue weighted by molar-refractivity contribution is 0.628. The molecule has 0 saturated carbocycles. The van der Waals surface area contributed by atoms with Gasteiger partial charge in [-0.25, -0.2) is 4.39 Å². The first kappa shape index (κ1) is 15.6. The zero-order valence-corrected chi connectivity index (χ0v) is 14.2. The van der Waals surface area contributed by atoms with Crippen LogP contribution in [0.2, 0.25) is 0 Å². The number of pyridine rings is 1. The molecule has 0 spiro atoms. The van der Waals surface area contributed by atoms with E-state index in [1.54, 1.807) is 16.8 Å². The third kappa shape index (κ3) is 2.91. The largest absolute Gasteiger partial charge is 0.256 e. The fraction of sp³-hybridized carbons (Fsp3) is 0.0476. The normalized spacial score (nSPS) is 11.3. The van der Waals surface area contributed by atoms with Gasteiger partial charge in [-0.05, 0) is 48.0 Å². The molecule has 0 aliphatic rings. The second kappa shape index (κ2) is 6.25. The number of halogens is 1. The topological polar surface area (TPSA) is 56.0 Å². The average molecular weight is 355 g/mol. The first-order valence-electron chi connectivity index (χ1n) is 8.57. The maximum Gasteiger partial charge on any atom is 0.177 e. The SMILES string of the molecule is Fc1cccc(-c2ccc3nnc(Cc4ccc5ncccc5c4)n3n2)c1. The summed E-state index contributed by atoms with van der Waals surface area (Å²) in [5.41, 5.74) is 4.10. The molecule has 3 heterocycles. The summed E-state index contributed by atoms with van der Waals surface area (Å²) in [6.07, 6.45) is 2.37. The van der Waals surface area contributed by atoms with Crippen LogP contribution in [-0.2, 0) is 6.42 Å². The first-order valence-corrected chi connectivity index (χ1v) is 8.57. The van der Waals surface area contributed by atoms with Crippen LogP contribution in [0.4, 0.5) is 4.39 Å². The van der Waals surface area contributed by atoms with Crippen LogP contribution in [0.1, 0.15) is 11.4 Å². The van der Waals surface area contributed by atoms with Gasteiger partial charge in [-0.2, -0.15) is 9.61 Å². The van der Waals surface area contributed by atoms with E-state index in [4.69, 9.17) is 0 Å². The second-order valence-electron chi connectivity index (χ2n) is 6.32. The minimum atomic E-state index is -0.289. The van der Waals surface area contributed by atoms with E-state index < -0.39 is 0 Å². The molecule has 5 aromatic rings. The molecule has 0 aliphatic carbocycles. The zero-order valence-electron chi connectivity index (χ0n) is 14.2. The number of rotatable bonds is 3.